The van der Waals surface area contributed by atoms with Crippen molar-refractivity contribution in [1.29, 1.82) is 0 Å². The number of aliphatic imine (C=N–C) groups is 1. The molecular weight excluding hydrogens is 201 g/mol. The molecule has 0 amide bonds. The maximum Gasteiger partial charge on any atom is 0.443 e. The SMILES string of the molecule is C=Cc1nc(C(F)(F)F)sc1N=C. The van der Waals surface area contributed by atoms with Crippen molar-refractivity contribution in [1.82, 2.24) is 4.98 Å². The van der Waals surface area contributed by atoms with Crippen molar-refractivity contribution in [3.63, 3.8) is 0 Å². The molecule has 0 N–H and O–H groups in total. The molecule has 0 aliphatic heterocycles. The van der Waals surface area contributed by atoms with Gasteiger partial charge in [0.15, 0.2) is 0 Å². The van der Waals surface area contributed by atoms with Crippen LogP contribution in [0.1, 0.15) is 10.7 Å². The molecule has 2 nitrogen and oxygen atoms in total. The van der Waals surface area contributed by atoms with E-state index in [2.05, 4.69) is 23.3 Å². The molecule has 0 aliphatic rings. The zero-order valence-corrected chi connectivity index (χ0v) is 7.24. The molecule has 0 saturated carbocycles. The Morgan fingerprint density at radius 3 is 2.38 bits per heavy atom. The minimum absolute atomic E-state index is 0.118. The van der Waals surface area contributed by atoms with Crippen LogP contribution in [0.3, 0.4) is 0 Å². The van der Waals surface area contributed by atoms with Gasteiger partial charge in [0.2, 0.25) is 5.01 Å². The minimum Gasteiger partial charge on any atom is -0.251 e. The summed E-state index contributed by atoms with van der Waals surface area (Å²) in [6, 6.07) is 0. The standard InChI is InChI=1S/C7H5F3N2S/c1-3-4-5(11-2)13-6(12-4)7(8,9)10/h3H,1-2H2. The highest BCUT2D eigenvalue weighted by molar-refractivity contribution is 7.15. The highest BCUT2D eigenvalue weighted by Gasteiger charge is 2.35. The van der Waals surface area contributed by atoms with E-state index < -0.39 is 11.2 Å². The van der Waals surface area contributed by atoms with Crippen molar-refractivity contribution in [2.75, 3.05) is 0 Å². The van der Waals surface area contributed by atoms with Crippen LogP contribution in [0.4, 0.5) is 18.2 Å². The molecule has 0 saturated heterocycles. The first-order valence-electron chi connectivity index (χ1n) is 3.16. The van der Waals surface area contributed by atoms with E-state index in [1.807, 2.05) is 0 Å². The lowest BCUT2D eigenvalue weighted by molar-refractivity contribution is -0.137. The molecule has 0 fully saturated rings. The molecular formula is C7H5F3N2S. The Labute approximate surface area is 76.5 Å². The van der Waals surface area contributed by atoms with Gasteiger partial charge >= 0.3 is 6.18 Å². The number of rotatable bonds is 2. The summed E-state index contributed by atoms with van der Waals surface area (Å²) >= 11 is 0.454. The number of alkyl halides is 3. The third-order valence-corrected chi connectivity index (χ3v) is 2.26. The van der Waals surface area contributed by atoms with Crippen molar-refractivity contribution in [3.05, 3.63) is 17.3 Å². The summed E-state index contributed by atoms with van der Waals surface area (Å²) in [5.41, 5.74) is 0.118. The predicted octanol–water partition coefficient (Wildman–Crippen LogP) is 3.14. The average molecular weight is 206 g/mol. The fraction of sp³-hybridized carbons (Fsp3) is 0.143. The number of halogens is 3. The zero-order valence-electron chi connectivity index (χ0n) is 6.43. The van der Waals surface area contributed by atoms with E-state index >= 15 is 0 Å². The summed E-state index contributed by atoms with van der Waals surface area (Å²) in [7, 11) is 0. The monoisotopic (exact) mass is 206 g/mol. The van der Waals surface area contributed by atoms with Gasteiger partial charge in [-0.3, -0.25) is 4.99 Å². The summed E-state index contributed by atoms with van der Waals surface area (Å²) in [4.78, 5) is 6.72. The first kappa shape index (κ1) is 9.91. The molecule has 0 unspecified atom stereocenters. The van der Waals surface area contributed by atoms with Crippen LogP contribution < -0.4 is 0 Å². The van der Waals surface area contributed by atoms with Gasteiger partial charge < -0.3 is 0 Å². The van der Waals surface area contributed by atoms with Crippen molar-refractivity contribution < 1.29 is 13.2 Å². The first-order chi connectivity index (χ1) is 5.99. The second kappa shape index (κ2) is 3.29. The van der Waals surface area contributed by atoms with Gasteiger partial charge in [0.05, 0.1) is 5.69 Å². The Hall–Kier alpha value is -1.17. The van der Waals surface area contributed by atoms with Gasteiger partial charge in [-0.15, -0.1) is 0 Å². The zero-order chi connectivity index (χ0) is 10.1. The largest absolute Gasteiger partial charge is 0.443 e. The fourth-order valence-corrected chi connectivity index (χ4v) is 1.43. The molecule has 0 aliphatic carbocycles. The minimum atomic E-state index is -4.43. The Balaban J connectivity index is 3.21. The van der Waals surface area contributed by atoms with Gasteiger partial charge in [0.1, 0.15) is 5.00 Å². The van der Waals surface area contributed by atoms with E-state index in [4.69, 9.17) is 0 Å². The second-order valence-corrected chi connectivity index (χ2v) is 3.05. The van der Waals surface area contributed by atoms with Crippen LogP contribution in [0.25, 0.3) is 6.08 Å². The lowest BCUT2D eigenvalue weighted by Gasteiger charge is -1.98. The summed E-state index contributed by atoms with van der Waals surface area (Å²) in [5.74, 6) is 0. The molecule has 1 rings (SSSR count). The lowest BCUT2D eigenvalue weighted by atomic mass is 10.4. The first-order valence-corrected chi connectivity index (χ1v) is 3.98. The molecule has 0 bridgehead atoms. The van der Waals surface area contributed by atoms with Crippen molar-refractivity contribution in [2.45, 2.75) is 6.18 Å². The maximum atomic E-state index is 12.1. The molecule has 0 radical (unpaired) electrons. The summed E-state index contributed by atoms with van der Waals surface area (Å²) < 4.78 is 36.3. The summed E-state index contributed by atoms with van der Waals surface area (Å²) in [6.45, 7) is 6.46. The van der Waals surface area contributed by atoms with E-state index in [0.717, 1.165) is 0 Å². The quantitative estimate of drug-likeness (QED) is 0.682. The van der Waals surface area contributed by atoms with Crippen LogP contribution in [0.2, 0.25) is 0 Å². The van der Waals surface area contributed by atoms with Crippen LogP contribution in [-0.4, -0.2) is 11.7 Å². The number of hydrogen-bond donors (Lipinski definition) is 0. The molecule has 0 spiro atoms. The van der Waals surface area contributed by atoms with Gasteiger partial charge in [0, 0.05) is 0 Å². The Morgan fingerprint density at radius 2 is 2.08 bits per heavy atom. The third kappa shape index (κ3) is 1.95. The Morgan fingerprint density at radius 1 is 1.46 bits per heavy atom. The van der Waals surface area contributed by atoms with E-state index in [-0.39, 0.29) is 10.7 Å². The van der Waals surface area contributed by atoms with Gasteiger partial charge in [-0.25, -0.2) is 4.98 Å². The molecule has 0 aromatic carbocycles. The lowest BCUT2D eigenvalue weighted by Crippen LogP contribution is -2.03. The van der Waals surface area contributed by atoms with Crippen molar-refractivity contribution in [3.8, 4) is 0 Å². The Bertz CT molecular complexity index is 314. The predicted molar refractivity (Wildman–Crippen MR) is 46.4 cm³/mol. The van der Waals surface area contributed by atoms with Gasteiger partial charge in [-0.1, -0.05) is 17.9 Å². The number of hydrogen-bond acceptors (Lipinski definition) is 3. The van der Waals surface area contributed by atoms with Gasteiger partial charge in [-0.2, -0.15) is 13.2 Å². The average Bonchev–Trinajstić information content (AvgIpc) is 2.45. The highest BCUT2D eigenvalue weighted by Crippen LogP contribution is 2.38. The summed E-state index contributed by atoms with van der Waals surface area (Å²) in [5, 5.41) is -0.785. The van der Waals surface area contributed by atoms with Crippen LogP contribution in [0.15, 0.2) is 11.6 Å². The van der Waals surface area contributed by atoms with Crippen LogP contribution in [-0.2, 0) is 6.18 Å². The fourth-order valence-electron chi connectivity index (χ4n) is 0.691. The third-order valence-electron chi connectivity index (χ3n) is 1.21. The number of thiazole rings is 1. The van der Waals surface area contributed by atoms with E-state index in [0.29, 0.717) is 11.3 Å². The Kier molecular flexibility index (Phi) is 2.51. The van der Waals surface area contributed by atoms with E-state index in [1.165, 1.54) is 6.08 Å². The molecule has 1 heterocycles. The van der Waals surface area contributed by atoms with Crippen molar-refractivity contribution in [2.24, 2.45) is 4.99 Å². The maximum absolute atomic E-state index is 12.1. The molecule has 1 aromatic heterocycles. The smallest absolute Gasteiger partial charge is 0.251 e. The van der Waals surface area contributed by atoms with Crippen LogP contribution >= 0.6 is 11.3 Å². The molecule has 13 heavy (non-hydrogen) atoms. The summed E-state index contributed by atoms with van der Waals surface area (Å²) in [6.07, 6.45) is -3.21. The van der Waals surface area contributed by atoms with Gasteiger partial charge in [0.25, 0.3) is 0 Å². The van der Waals surface area contributed by atoms with Crippen LogP contribution in [0.5, 0.6) is 0 Å². The molecule has 0 atom stereocenters. The van der Waals surface area contributed by atoms with Crippen molar-refractivity contribution >= 4 is 29.1 Å². The van der Waals surface area contributed by atoms with E-state index in [1.54, 1.807) is 0 Å². The number of aromatic nitrogens is 1. The highest BCUT2D eigenvalue weighted by atomic mass is 32.1. The normalized spacial score (nSPS) is 11.3. The molecule has 6 heteroatoms. The van der Waals surface area contributed by atoms with Crippen LogP contribution in [0, 0.1) is 0 Å². The second-order valence-electron chi connectivity index (χ2n) is 2.07. The van der Waals surface area contributed by atoms with Gasteiger partial charge in [-0.05, 0) is 12.8 Å². The molecule has 70 valence electrons. The van der Waals surface area contributed by atoms with E-state index in [9.17, 15) is 13.2 Å². The molecule has 1 aromatic rings. The number of nitrogens with zero attached hydrogens (tertiary/aromatic N) is 2. The topological polar surface area (TPSA) is 25.2 Å².